The topological polar surface area (TPSA) is 131 Å². The van der Waals surface area contributed by atoms with Gasteiger partial charge in [0.25, 0.3) is 0 Å². The SMILES string of the molecule is COCCOCCC1(CCOCCOC)c2ccccc2-c2ccc(-c3ccc(-c4ccc5c(c4)C(CCOCCOC)(CCOCCOC)c4ccccc4-5)c(C(=N)OC(=N)c4ccc(C(C)I)cc4)c3)cc21. The van der Waals surface area contributed by atoms with Crippen LogP contribution in [0.3, 0.4) is 0 Å². The van der Waals surface area contributed by atoms with Gasteiger partial charge >= 0.3 is 0 Å². The first-order valence-electron chi connectivity index (χ1n) is 25.7. The average Bonchev–Trinajstić information content (AvgIpc) is 3.88. The Bertz CT molecular complexity index is 2800. The van der Waals surface area contributed by atoms with E-state index in [4.69, 9.17) is 48.0 Å². The van der Waals surface area contributed by atoms with Crippen LogP contribution in [-0.4, -0.2) is 120 Å². The van der Waals surface area contributed by atoms with Gasteiger partial charge in [-0.2, -0.15) is 0 Å². The summed E-state index contributed by atoms with van der Waals surface area (Å²) in [4.78, 5) is 0. The molecule has 12 heteroatoms. The molecule has 1 atom stereocenters. The van der Waals surface area contributed by atoms with Crippen LogP contribution in [0, 0.1) is 10.8 Å². The van der Waals surface area contributed by atoms with Crippen molar-refractivity contribution in [1.29, 1.82) is 10.8 Å². The zero-order valence-corrected chi connectivity index (χ0v) is 45.7. The number of alkyl halides is 1. The molecule has 2 aliphatic carbocycles. The van der Waals surface area contributed by atoms with E-state index < -0.39 is 10.8 Å². The van der Waals surface area contributed by atoms with Crippen molar-refractivity contribution in [3.8, 4) is 44.5 Å². The number of hydrogen-bond donors (Lipinski definition) is 2. The summed E-state index contributed by atoms with van der Waals surface area (Å²) in [5.74, 6) is -0.208. The highest BCUT2D eigenvalue weighted by Crippen LogP contribution is 2.55. The van der Waals surface area contributed by atoms with Crippen molar-refractivity contribution in [2.24, 2.45) is 0 Å². The Morgan fingerprint density at radius 2 is 0.811 bits per heavy atom. The second kappa shape index (κ2) is 26.6. The van der Waals surface area contributed by atoms with E-state index in [-0.39, 0.29) is 11.8 Å². The molecular weight excluding hydrogens is 1040 g/mol. The molecule has 0 amide bonds. The van der Waals surface area contributed by atoms with Gasteiger partial charge in [0.2, 0.25) is 11.8 Å². The van der Waals surface area contributed by atoms with Gasteiger partial charge in [0.05, 0.1) is 52.9 Å². The van der Waals surface area contributed by atoms with Crippen LogP contribution in [0.25, 0.3) is 44.5 Å². The van der Waals surface area contributed by atoms with Gasteiger partial charge < -0.3 is 42.6 Å². The fourth-order valence-corrected chi connectivity index (χ4v) is 11.2. The lowest BCUT2D eigenvalue weighted by atomic mass is 9.72. The minimum atomic E-state index is -0.423. The third-order valence-electron chi connectivity index (χ3n) is 14.7. The molecule has 2 aliphatic rings. The Labute approximate surface area is 451 Å². The highest BCUT2D eigenvalue weighted by molar-refractivity contribution is 14.1. The van der Waals surface area contributed by atoms with E-state index in [0.717, 1.165) is 53.5 Å². The Balaban J connectivity index is 1.23. The Kier molecular flexibility index (Phi) is 19.8. The van der Waals surface area contributed by atoms with Crippen molar-refractivity contribution in [2.45, 2.75) is 47.4 Å². The molecule has 1 unspecified atom stereocenters. The van der Waals surface area contributed by atoms with E-state index in [1.807, 2.05) is 24.3 Å². The van der Waals surface area contributed by atoms with Gasteiger partial charge in [0.1, 0.15) is 0 Å². The first kappa shape index (κ1) is 55.1. The zero-order valence-electron chi connectivity index (χ0n) is 43.6. The van der Waals surface area contributed by atoms with Crippen LogP contribution in [0.2, 0.25) is 0 Å². The molecule has 0 fully saturated rings. The van der Waals surface area contributed by atoms with Gasteiger partial charge in [-0.05, 0) is 135 Å². The molecule has 6 aromatic rings. The van der Waals surface area contributed by atoms with Gasteiger partial charge in [-0.1, -0.05) is 120 Å². The van der Waals surface area contributed by atoms with Crippen molar-refractivity contribution in [2.75, 3.05) is 108 Å². The highest BCUT2D eigenvalue weighted by atomic mass is 127. The number of fused-ring (bicyclic) bond motifs is 6. The minimum Gasteiger partial charge on any atom is -0.421 e. The van der Waals surface area contributed by atoms with Crippen LogP contribution >= 0.6 is 22.6 Å². The summed E-state index contributed by atoms with van der Waals surface area (Å²) < 4.78 is 52.7. The third kappa shape index (κ3) is 12.3. The molecule has 0 saturated carbocycles. The normalized spacial score (nSPS) is 14.0. The number of hydrogen-bond acceptors (Lipinski definition) is 11. The molecule has 8 rings (SSSR count). The van der Waals surface area contributed by atoms with E-state index in [1.54, 1.807) is 28.4 Å². The molecule has 6 aromatic carbocycles. The number of methoxy groups -OCH3 is 4. The zero-order chi connectivity index (χ0) is 51.9. The third-order valence-corrected chi connectivity index (χ3v) is 15.4. The molecule has 0 spiro atoms. The summed E-state index contributed by atoms with van der Waals surface area (Å²) in [5.41, 5.74) is 14.9. The molecule has 11 nitrogen and oxygen atoms in total. The molecule has 0 radical (unpaired) electrons. The molecule has 74 heavy (non-hydrogen) atoms. The monoisotopic (exact) mass is 1110 g/mol. The Morgan fingerprint density at radius 3 is 1.26 bits per heavy atom. The quantitative estimate of drug-likeness (QED) is 0.0155. The van der Waals surface area contributed by atoms with E-state index in [1.165, 1.54) is 44.5 Å². The lowest BCUT2D eigenvalue weighted by Crippen LogP contribution is -2.29. The van der Waals surface area contributed by atoms with Crippen molar-refractivity contribution in [3.63, 3.8) is 0 Å². The van der Waals surface area contributed by atoms with Crippen LogP contribution in [0.15, 0.2) is 127 Å². The highest BCUT2D eigenvalue weighted by Gasteiger charge is 2.44. The predicted octanol–water partition coefficient (Wildman–Crippen LogP) is 12.6. The number of ether oxygens (including phenoxy) is 9. The largest absolute Gasteiger partial charge is 0.421 e. The van der Waals surface area contributed by atoms with Gasteiger partial charge in [-0.3, -0.25) is 10.8 Å². The fourth-order valence-electron chi connectivity index (χ4n) is 10.8. The van der Waals surface area contributed by atoms with Crippen LogP contribution in [0.4, 0.5) is 0 Å². The maximum absolute atomic E-state index is 9.76. The Hall–Kier alpha value is -5.13. The fraction of sp³-hybridized carbons (Fsp3) is 0.387. The molecule has 0 bridgehead atoms. The standard InChI is InChI=1S/C62H71IN2O9/c1-43(63)44-14-16-45(17-15-44)59(64)74-60(65)54-40-46(47-19-22-52-50-10-6-8-12-55(50)61(57(52)41-47,24-28-70-36-32-66-2)25-29-71-37-33-67-3)18-21-49(54)48-20-23-53-51-11-7-9-13-56(51)62(58(53)42-48,26-30-72-38-34-68-4)27-31-73-39-35-69-5/h6-23,40-43,64-65H,24-39H2,1-5H3. The van der Waals surface area contributed by atoms with Crippen molar-refractivity contribution in [1.82, 2.24) is 0 Å². The van der Waals surface area contributed by atoms with Crippen molar-refractivity contribution < 1.29 is 42.6 Å². The van der Waals surface area contributed by atoms with Crippen molar-refractivity contribution in [3.05, 3.63) is 166 Å². The number of halogens is 1. The number of nitrogens with one attached hydrogen (secondary N) is 2. The summed E-state index contributed by atoms with van der Waals surface area (Å²) in [5, 5.41) is 18.9. The van der Waals surface area contributed by atoms with E-state index in [0.29, 0.717) is 94.3 Å². The van der Waals surface area contributed by atoms with Crippen molar-refractivity contribution >= 4 is 34.4 Å². The smallest absolute Gasteiger partial charge is 0.221 e. The van der Waals surface area contributed by atoms with Gasteiger partial charge in [0.15, 0.2) is 0 Å². The second-order valence-electron chi connectivity index (χ2n) is 19.0. The molecular formula is C62H71IN2O9. The first-order chi connectivity index (χ1) is 36.2. The average molecular weight is 1120 g/mol. The number of rotatable bonds is 29. The van der Waals surface area contributed by atoms with Gasteiger partial charge in [0, 0.05) is 80.7 Å². The molecule has 0 aliphatic heterocycles. The summed E-state index contributed by atoms with van der Waals surface area (Å²) in [6.45, 7) is 8.43. The van der Waals surface area contributed by atoms with Gasteiger partial charge in [-0.15, -0.1) is 0 Å². The summed E-state index contributed by atoms with van der Waals surface area (Å²) in [6, 6.07) is 44.9. The summed E-state index contributed by atoms with van der Waals surface area (Å²) >= 11 is 2.39. The predicted molar refractivity (Wildman–Crippen MR) is 303 cm³/mol. The summed E-state index contributed by atoms with van der Waals surface area (Å²) in [6.07, 6.45) is 2.97. The van der Waals surface area contributed by atoms with E-state index >= 15 is 0 Å². The molecule has 0 aromatic heterocycles. The van der Waals surface area contributed by atoms with Crippen LogP contribution in [0.1, 0.15) is 75.5 Å². The van der Waals surface area contributed by atoms with Crippen LogP contribution < -0.4 is 0 Å². The molecule has 2 N–H and O–H groups in total. The minimum absolute atomic E-state index is 0.0927. The lowest BCUT2D eigenvalue weighted by molar-refractivity contribution is 0.0490. The maximum atomic E-state index is 9.76. The number of benzene rings is 6. The van der Waals surface area contributed by atoms with Crippen LogP contribution in [0.5, 0.6) is 0 Å². The van der Waals surface area contributed by atoms with E-state index in [9.17, 15) is 5.41 Å². The van der Waals surface area contributed by atoms with E-state index in [2.05, 4.69) is 133 Å². The maximum Gasteiger partial charge on any atom is 0.221 e. The lowest BCUT2D eigenvalue weighted by Gasteiger charge is -2.33. The molecule has 0 heterocycles. The van der Waals surface area contributed by atoms with Crippen LogP contribution in [-0.2, 0) is 53.5 Å². The molecule has 0 saturated heterocycles. The molecule has 390 valence electrons. The second-order valence-corrected chi connectivity index (χ2v) is 20.8. The Morgan fingerprint density at radius 1 is 0.419 bits per heavy atom. The van der Waals surface area contributed by atoms with Gasteiger partial charge in [-0.25, -0.2) is 0 Å². The first-order valence-corrected chi connectivity index (χ1v) is 26.9. The summed E-state index contributed by atoms with van der Waals surface area (Å²) in [7, 11) is 6.76.